The summed E-state index contributed by atoms with van der Waals surface area (Å²) in [5, 5.41) is 0. The molecule has 0 aliphatic carbocycles. The van der Waals surface area contributed by atoms with Crippen molar-refractivity contribution in [3.05, 3.63) is 72.4 Å². The zero-order chi connectivity index (χ0) is 18.6. The van der Waals surface area contributed by atoms with E-state index in [0.717, 1.165) is 38.5 Å². The maximum Gasteiger partial charge on any atom is 0.333 e. The van der Waals surface area contributed by atoms with E-state index in [1.807, 2.05) is 13.0 Å². The second-order valence-electron chi connectivity index (χ2n) is 5.55. The fourth-order valence-corrected chi connectivity index (χ4v) is 1.92. The fourth-order valence-electron chi connectivity index (χ4n) is 1.92. The van der Waals surface area contributed by atoms with Crippen LogP contribution in [0.1, 0.15) is 59.3 Å². The lowest BCUT2D eigenvalue weighted by Crippen LogP contribution is -2.04. The predicted molar refractivity (Wildman–Crippen MR) is 109 cm³/mol. The van der Waals surface area contributed by atoms with Gasteiger partial charge in [0.1, 0.15) is 0 Å². The number of allylic oxidation sites excluding steroid dienone is 11. The molecule has 0 aromatic rings. The molecule has 0 unspecified atom stereocenters. The van der Waals surface area contributed by atoms with Crippen molar-refractivity contribution < 1.29 is 9.53 Å². The lowest BCUT2D eigenvalue weighted by atomic mass is 10.2. The molecule has 0 aliphatic heterocycles. The molecule has 138 valence electrons. The number of carbonyl (C=O) groups excluding carboxylic acids is 1. The summed E-state index contributed by atoms with van der Waals surface area (Å²) >= 11 is 0. The van der Waals surface area contributed by atoms with Gasteiger partial charge in [-0.05, 0) is 52.4 Å². The molecule has 0 amide bonds. The first kappa shape index (κ1) is 22.9. The third-order valence-corrected chi connectivity index (χ3v) is 3.32. The lowest BCUT2D eigenvalue weighted by molar-refractivity contribution is -0.138. The molecule has 0 aromatic carbocycles. The third-order valence-electron chi connectivity index (χ3n) is 3.32. The summed E-state index contributed by atoms with van der Waals surface area (Å²) in [6.07, 6.45) is 29.4. The zero-order valence-corrected chi connectivity index (χ0v) is 16.1. The number of ether oxygens (including phenoxy) is 1. The smallest absolute Gasteiger partial charge is 0.333 e. The first-order chi connectivity index (χ1) is 12.2. The second kappa shape index (κ2) is 18.3. The monoisotopic (exact) mass is 342 g/mol. The van der Waals surface area contributed by atoms with E-state index in [9.17, 15) is 4.79 Å². The molecule has 0 saturated carbocycles. The van der Waals surface area contributed by atoms with Gasteiger partial charge in [-0.3, -0.25) is 0 Å². The van der Waals surface area contributed by atoms with Crippen LogP contribution in [-0.2, 0) is 9.53 Å². The molecule has 25 heavy (non-hydrogen) atoms. The molecule has 0 spiro atoms. The van der Waals surface area contributed by atoms with Crippen molar-refractivity contribution in [2.75, 3.05) is 6.61 Å². The molecule has 0 saturated heterocycles. The molecule has 0 fully saturated rings. The third kappa shape index (κ3) is 16.5. The van der Waals surface area contributed by atoms with Gasteiger partial charge in [-0.25, -0.2) is 4.79 Å². The highest BCUT2D eigenvalue weighted by atomic mass is 16.5. The Morgan fingerprint density at radius 2 is 1.08 bits per heavy atom. The highest BCUT2D eigenvalue weighted by molar-refractivity contribution is 5.87. The van der Waals surface area contributed by atoms with Crippen molar-refractivity contribution in [1.82, 2.24) is 0 Å². The predicted octanol–water partition coefficient (Wildman–Crippen LogP) is 6.64. The van der Waals surface area contributed by atoms with Gasteiger partial charge in [-0.15, -0.1) is 0 Å². The molecule has 2 nitrogen and oxygen atoms in total. The summed E-state index contributed by atoms with van der Waals surface area (Å²) in [5.41, 5.74) is 0.669. The zero-order valence-electron chi connectivity index (χ0n) is 16.1. The molecule has 0 rings (SSSR count). The summed E-state index contributed by atoms with van der Waals surface area (Å²) < 4.78 is 4.93. The van der Waals surface area contributed by atoms with Crippen molar-refractivity contribution in [2.24, 2.45) is 0 Å². The van der Waals surface area contributed by atoms with E-state index in [2.05, 4.69) is 67.7 Å². The fraction of sp³-hybridized carbons (Fsp3) is 0.435. The SMILES string of the molecule is CCC=CCC=CCC=CCC=CCC=CCC=C(C)C(=O)OCC. The highest BCUT2D eigenvalue weighted by Gasteiger charge is 2.01. The normalized spacial score (nSPS) is 13.3. The Bertz CT molecular complexity index is 502. The van der Waals surface area contributed by atoms with Gasteiger partial charge >= 0.3 is 5.97 Å². The standard InChI is InChI=1S/C23H34O2/c1-4-6-7-8-9-10-11-12-13-14-15-16-17-18-19-20-21-22(3)23(24)25-5-2/h6-7,9-10,12-13,15-16,18-19,21H,4-5,8,11,14,17,20H2,1-3H3. The first-order valence-corrected chi connectivity index (χ1v) is 9.31. The van der Waals surface area contributed by atoms with Crippen LogP contribution in [0, 0.1) is 0 Å². The largest absolute Gasteiger partial charge is 0.463 e. The van der Waals surface area contributed by atoms with Gasteiger partial charge in [-0.2, -0.15) is 0 Å². The molecule has 0 aromatic heterocycles. The Balaban J connectivity index is 3.72. The Morgan fingerprint density at radius 3 is 1.48 bits per heavy atom. The van der Waals surface area contributed by atoms with Crippen LogP contribution in [0.4, 0.5) is 0 Å². The van der Waals surface area contributed by atoms with Gasteiger partial charge in [0.25, 0.3) is 0 Å². The van der Waals surface area contributed by atoms with Gasteiger partial charge in [0.2, 0.25) is 0 Å². The van der Waals surface area contributed by atoms with E-state index in [-0.39, 0.29) is 5.97 Å². The van der Waals surface area contributed by atoms with E-state index >= 15 is 0 Å². The van der Waals surface area contributed by atoms with Crippen molar-refractivity contribution in [2.45, 2.75) is 59.3 Å². The van der Waals surface area contributed by atoms with Crippen LogP contribution in [0.15, 0.2) is 72.4 Å². The molecule has 0 bridgehead atoms. The van der Waals surface area contributed by atoms with Crippen molar-refractivity contribution in [3.63, 3.8) is 0 Å². The minimum Gasteiger partial charge on any atom is -0.463 e. The van der Waals surface area contributed by atoms with E-state index < -0.39 is 0 Å². The van der Waals surface area contributed by atoms with Gasteiger partial charge in [-0.1, -0.05) is 73.8 Å². The Kier molecular flexibility index (Phi) is 16.7. The van der Waals surface area contributed by atoms with Gasteiger partial charge in [0, 0.05) is 5.57 Å². The number of rotatable bonds is 13. The summed E-state index contributed by atoms with van der Waals surface area (Å²) in [7, 11) is 0. The summed E-state index contributed by atoms with van der Waals surface area (Å²) in [5.74, 6) is -0.227. The molecular formula is C23H34O2. The number of hydrogen-bond donors (Lipinski definition) is 0. The lowest BCUT2D eigenvalue weighted by Gasteiger charge is -1.99. The van der Waals surface area contributed by atoms with Crippen molar-refractivity contribution in [1.29, 1.82) is 0 Å². The molecule has 0 N–H and O–H groups in total. The Morgan fingerprint density at radius 1 is 0.680 bits per heavy atom. The maximum absolute atomic E-state index is 11.4. The molecule has 0 atom stereocenters. The minimum atomic E-state index is -0.227. The second-order valence-corrected chi connectivity index (χ2v) is 5.55. The molecule has 2 heteroatoms. The molecular weight excluding hydrogens is 308 g/mol. The van der Waals surface area contributed by atoms with Gasteiger partial charge < -0.3 is 4.74 Å². The molecule has 0 heterocycles. The average Bonchev–Trinajstić information content (AvgIpc) is 2.61. The topological polar surface area (TPSA) is 26.3 Å². The summed E-state index contributed by atoms with van der Waals surface area (Å²) in [6, 6.07) is 0. The van der Waals surface area contributed by atoms with Crippen LogP contribution in [0.2, 0.25) is 0 Å². The van der Waals surface area contributed by atoms with Crippen molar-refractivity contribution >= 4 is 5.97 Å². The van der Waals surface area contributed by atoms with Crippen LogP contribution in [0.5, 0.6) is 0 Å². The van der Waals surface area contributed by atoms with Gasteiger partial charge in [0.15, 0.2) is 0 Å². The number of esters is 1. The van der Waals surface area contributed by atoms with E-state index in [0.29, 0.717) is 12.2 Å². The van der Waals surface area contributed by atoms with Crippen molar-refractivity contribution in [3.8, 4) is 0 Å². The molecule has 0 radical (unpaired) electrons. The van der Waals surface area contributed by atoms with Crippen LogP contribution in [-0.4, -0.2) is 12.6 Å². The van der Waals surface area contributed by atoms with Crippen LogP contribution in [0.25, 0.3) is 0 Å². The van der Waals surface area contributed by atoms with E-state index in [4.69, 9.17) is 4.74 Å². The first-order valence-electron chi connectivity index (χ1n) is 9.31. The minimum absolute atomic E-state index is 0.227. The maximum atomic E-state index is 11.4. The Hall–Kier alpha value is -2.09. The number of carbonyl (C=O) groups is 1. The van der Waals surface area contributed by atoms with Crippen LogP contribution >= 0.6 is 0 Å². The summed E-state index contributed by atoms with van der Waals surface area (Å²) in [6.45, 7) is 6.17. The van der Waals surface area contributed by atoms with E-state index in [1.54, 1.807) is 6.92 Å². The van der Waals surface area contributed by atoms with Crippen LogP contribution < -0.4 is 0 Å². The highest BCUT2D eigenvalue weighted by Crippen LogP contribution is 2.01. The quantitative estimate of drug-likeness (QED) is 0.213. The average molecular weight is 343 g/mol. The summed E-state index contributed by atoms with van der Waals surface area (Å²) in [4.78, 5) is 11.4. The van der Waals surface area contributed by atoms with Gasteiger partial charge in [0.05, 0.1) is 6.61 Å². The number of hydrogen-bond acceptors (Lipinski definition) is 2. The Labute approximate surface area is 154 Å². The van der Waals surface area contributed by atoms with E-state index in [1.165, 1.54) is 0 Å². The molecule has 0 aliphatic rings. The van der Waals surface area contributed by atoms with Crippen LogP contribution in [0.3, 0.4) is 0 Å².